The van der Waals surface area contributed by atoms with E-state index in [-0.39, 0.29) is 10.8 Å². The number of amides is 1. The Morgan fingerprint density at radius 1 is 1.18 bits per heavy atom. The van der Waals surface area contributed by atoms with Gasteiger partial charge in [0, 0.05) is 23.5 Å². The zero-order valence-corrected chi connectivity index (χ0v) is 17.6. The highest BCUT2D eigenvalue weighted by molar-refractivity contribution is 7.89. The van der Waals surface area contributed by atoms with Crippen molar-refractivity contribution in [1.82, 2.24) is 9.29 Å². The van der Waals surface area contributed by atoms with E-state index in [2.05, 4.69) is 17.2 Å². The van der Waals surface area contributed by atoms with Crippen LogP contribution in [0.3, 0.4) is 0 Å². The number of carbonyl (C=O) groups excluding carboxylic acids is 1. The first-order valence-electron chi connectivity index (χ1n) is 9.83. The first kappa shape index (κ1) is 19.5. The number of hydrogen-bond donors (Lipinski definition) is 1. The van der Waals surface area contributed by atoms with Gasteiger partial charge in [-0.05, 0) is 62.3 Å². The molecule has 2 heterocycles. The predicted octanol–water partition coefficient (Wildman–Crippen LogP) is 3.69. The summed E-state index contributed by atoms with van der Waals surface area (Å²) >= 11 is 1.54. The van der Waals surface area contributed by atoms with Crippen LogP contribution in [0.5, 0.6) is 0 Å². The highest BCUT2D eigenvalue weighted by Gasteiger charge is 2.26. The van der Waals surface area contributed by atoms with E-state index in [0.29, 0.717) is 29.7 Å². The Bertz CT molecular complexity index is 961. The average Bonchev–Trinajstić information content (AvgIpc) is 3.10. The van der Waals surface area contributed by atoms with Gasteiger partial charge in [0.25, 0.3) is 5.91 Å². The molecular formula is C20H25N3O3S2. The molecule has 1 aliphatic heterocycles. The summed E-state index contributed by atoms with van der Waals surface area (Å²) in [5, 5.41) is 3.48. The molecule has 0 radical (unpaired) electrons. The second kappa shape index (κ2) is 7.93. The molecule has 150 valence electrons. The summed E-state index contributed by atoms with van der Waals surface area (Å²) < 4.78 is 27.0. The van der Waals surface area contributed by atoms with E-state index in [1.807, 2.05) is 0 Å². The summed E-state index contributed by atoms with van der Waals surface area (Å²) in [7, 11) is -3.48. The highest BCUT2D eigenvalue weighted by Crippen LogP contribution is 2.32. The SMILES string of the molecule is C[C@H]1CCc2nc(NC(=O)c3ccc(S(=O)(=O)N4CCCCC4)cc3)sc2C1. The number of nitrogens with zero attached hydrogens (tertiary/aromatic N) is 2. The van der Waals surface area contributed by atoms with Crippen molar-refractivity contribution in [1.29, 1.82) is 0 Å². The van der Waals surface area contributed by atoms with Gasteiger partial charge < -0.3 is 0 Å². The summed E-state index contributed by atoms with van der Waals surface area (Å²) in [6.45, 7) is 3.37. The van der Waals surface area contributed by atoms with Gasteiger partial charge in [-0.2, -0.15) is 4.31 Å². The summed E-state index contributed by atoms with van der Waals surface area (Å²) in [5.41, 5.74) is 1.53. The molecule has 1 atom stereocenters. The number of anilines is 1. The first-order valence-corrected chi connectivity index (χ1v) is 12.1. The zero-order chi connectivity index (χ0) is 19.7. The van der Waals surface area contributed by atoms with Gasteiger partial charge in [0.1, 0.15) is 0 Å². The minimum absolute atomic E-state index is 0.240. The van der Waals surface area contributed by atoms with Crippen LogP contribution in [-0.2, 0) is 22.9 Å². The fourth-order valence-corrected chi connectivity index (χ4v) is 6.48. The lowest BCUT2D eigenvalue weighted by Crippen LogP contribution is -2.35. The number of sulfonamides is 1. The summed E-state index contributed by atoms with van der Waals surface area (Å²) in [5.74, 6) is 0.395. The Labute approximate surface area is 170 Å². The van der Waals surface area contributed by atoms with E-state index >= 15 is 0 Å². The lowest BCUT2D eigenvalue weighted by molar-refractivity contribution is 0.102. The number of aryl methyl sites for hydroxylation is 1. The molecule has 1 aromatic carbocycles. The Hall–Kier alpha value is -1.77. The third-order valence-electron chi connectivity index (χ3n) is 5.48. The van der Waals surface area contributed by atoms with Crippen LogP contribution in [0.4, 0.5) is 5.13 Å². The van der Waals surface area contributed by atoms with E-state index < -0.39 is 10.0 Å². The number of thiazole rings is 1. The van der Waals surface area contributed by atoms with Crippen LogP contribution in [-0.4, -0.2) is 36.7 Å². The van der Waals surface area contributed by atoms with Gasteiger partial charge in [0.05, 0.1) is 10.6 Å². The predicted molar refractivity (Wildman–Crippen MR) is 110 cm³/mol. The number of carbonyl (C=O) groups is 1. The van der Waals surface area contributed by atoms with E-state index in [1.165, 1.54) is 21.3 Å². The maximum Gasteiger partial charge on any atom is 0.257 e. The topological polar surface area (TPSA) is 79.4 Å². The van der Waals surface area contributed by atoms with Gasteiger partial charge in [-0.3, -0.25) is 10.1 Å². The number of piperidine rings is 1. The van der Waals surface area contributed by atoms with Gasteiger partial charge in [0.2, 0.25) is 10.0 Å². The quantitative estimate of drug-likeness (QED) is 0.820. The van der Waals surface area contributed by atoms with E-state index in [9.17, 15) is 13.2 Å². The number of aromatic nitrogens is 1. The second-order valence-corrected chi connectivity index (χ2v) is 10.7. The number of benzene rings is 1. The molecule has 28 heavy (non-hydrogen) atoms. The van der Waals surface area contributed by atoms with Crippen molar-refractivity contribution in [3.8, 4) is 0 Å². The van der Waals surface area contributed by atoms with Gasteiger partial charge in [0.15, 0.2) is 5.13 Å². The fourth-order valence-electron chi connectivity index (χ4n) is 3.80. The fraction of sp³-hybridized carbons (Fsp3) is 0.500. The normalized spacial score (nSPS) is 20.5. The number of rotatable bonds is 4. The number of nitrogens with one attached hydrogen (secondary N) is 1. The second-order valence-electron chi connectivity index (χ2n) is 7.68. The lowest BCUT2D eigenvalue weighted by Gasteiger charge is -2.25. The van der Waals surface area contributed by atoms with Crippen molar-refractivity contribution in [3.63, 3.8) is 0 Å². The molecule has 0 spiro atoms. The van der Waals surface area contributed by atoms with Crippen molar-refractivity contribution < 1.29 is 13.2 Å². The number of hydrogen-bond acceptors (Lipinski definition) is 5. The van der Waals surface area contributed by atoms with Crippen molar-refractivity contribution in [2.45, 2.75) is 50.3 Å². The van der Waals surface area contributed by atoms with Crippen LogP contribution in [0.2, 0.25) is 0 Å². The van der Waals surface area contributed by atoms with Crippen molar-refractivity contribution in [3.05, 3.63) is 40.4 Å². The minimum Gasteiger partial charge on any atom is -0.298 e. The Balaban J connectivity index is 1.46. The van der Waals surface area contributed by atoms with E-state index in [4.69, 9.17) is 0 Å². The Morgan fingerprint density at radius 3 is 2.61 bits per heavy atom. The van der Waals surface area contributed by atoms with Crippen molar-refractivity contribution >= 4 is 32.4 Å². The third kappa shape index (κ3) is 3.99. The standard InChI is InChI=1S/C20H25N3O3S2/c1-14-5-10-17-18(13-14)27-20(21-17)22-19(24)15-6-8-16(9-7-15)28(25,26)23-11-3-2-4-12-23/h6-9,14H,2-5,10-13H2,1H3,(H,21,22,24)/t14-/m0/s1. The molecule has 1 saturated heterocycles. The van der Waals surface area contributed by atoms with Crippen LogP contribution in [0.1, 0.15) is 53.5 Å². The molecule has 2 aliphatic rings. The largest absolute Gasteiger partial charge is 0.298 e. The maximum atomic E-state index is 12.7. The van der Waals surface area contributed by atoms with Crippen LogP contribution in [0.25, 0.3) is 0 Å². The average molecular weight is 420 g/mol. The van der Waals surface area contributed by atoms with Crippen LogP contribution < -0.4 is 5.32 Å². The lowest BCUT2D eigenvalue weighted by atomic mass is 9.93. The number of fused-ring (bicyclic) bond motifs is 1. The third-order valence-corrected chi connectivity index (χ3v) is 8.42. The monoisotopic (exact) mass is 419 g/mol. The Kier molecular flexibility index (Phi) is 5.53. The van der Waals surface area contributed by atoms with Gasteiger partial charge in [-0.25, -0.2) is 13.4 Å². The molecule has 8 heteroatoms. The van der Waals surface area contributed by atoms with Gasteiger partial charge in [-0.1, -0.05) is 13.3 Å². The maximum absolute atomic E-state index is 12.7. The van der Waals surface area contributed by atoms with E-state index in [1.54, 1.807) is 23.5 Å². The molecule has 0 unspecified atom stereocenters. The van der Waals surface area contributed by atoms with Crippen molar-refractivity contribution in [2.75, 3.05) is 18.4 Å². The molecule has 6 nitrogen and oxygen atoms in total. The Morgan fingerprint density at radius 2 is 1.89 bits per heavy atom. The zero-order valence-electron chi connectivity index (χ0n) is 16.0. The molecule has 4 rings (SSSR count). The smallest absolute Gasteiger partial charge is 0.257 e. The molecule has 1 aromatic heterocycles. The highest BCUT2D eigenvalue weighted by atomic mass is 32.2. The molecule has 1 aliphatic carbocycles. The molecular weight excluding hydrogens is 394 g/mol. The summed E-state index contributed by atoms with van der Waals surface area (Å²) in [6.07, 6.45) is 5.99. The molecule has 1 fully saturated rings. The molecule has 0 bridgehead atoms. The van der Waals surface area contributed by atoms with Crippen LogP contribution in [0.15, 0.2) is 29.2 Å². The molecule has 0 saturated carbocycles. The minimum atomic E-state index is -3.48. The first-order chi connectivity index (χ1) is 13.4. The van der Waals surface area contributed by atoms with Crippen molar-refractivity contribution in [2.24, 2.45) is 5.92 Å². The molecule has 1 N–H and O–H groups in total. The summed E-state index contributed by atoms with van der Waals surface area (Å²) in [4.78, 5) is 18.6. The summed E-state index contributed by atoms with van der Waals surface area (Å²) in [6, 6.07) is 6.18. The molecule has 1 amide bonds. The van der Waals surface area contributed by atoms with Gasteiger partial charge in [-0.15, -0.1) is 11.3 Å². The van der Waals surface area contributed by atoms with Gasteiger partial charge >= 0.3 is 0 Å². The van der Waals surface area contributed by atoms with Crippen LogP contribution in [0, 0.1) is 5.92 Å². The van der Waals surface area contributed by atoms with Crippen LogP contribution >= 0.6 is 11.3 Å². The van der Waals surface area contributed by atoms with E-state index in [0.717, 1.165) is 44.2 Å². The molecule has 2 aromatic rings.